The maximum Gasteiger partial charge on any atom is 0.293 e. The fraction of sp³-hybridized carbons (Fsp3) is 0.647. The summed E-state index contributed by atoms with van der Waals surface area (Å²) in [4.78, 5) is 13.1. The van der Waals surface area contributed by atoms with Crippen molar-refractivity contribution in [3.63, 3.8) is 0 Å². The molecule has 2 aliphatic heterocycles. The smallest absolute Gasteiger partial charge is 0.293 e. The number of anilines is 1. The van der Waals surface area contributed by atoms with E-state index >= 15 is 0 Å². The molecule has 1 atom stereocenters. The van der Waals surface area contributed by atoms with Crippen molar-refractivity contribution in [1.82, 2.24) is 4.31 Å². The molecular formula is C17H25N3O4S. The summed E-state index contributed by atoms with van der Waals surface area (Å²) in [6, 6.07) is 4.35. The van der Waals surface area contributed by atoms with Gasteiger partial charge in [0.15, 0.2) is 0 Å². The van der Waals surface area contributed by atoms with Crippen LogP contribution < -0.4 is 4.90 Å². The number of rotatable bonds is 4. The minimum absolute atomic E-state index is 0.0223. The molecule has 3 rings (SSSR count). The molecule has 0 aromatic heterocycles. The van der Waals surface area contributed by atoms with Gasteiger partial charge in [0.25, 0.3) is 5.69 Å². The van der Waals surface area contributed by atoms with Crippen molar-refractivity contribution in [3.05, 3.63) is 28.3 Å². The Morgan fingerprint density at radius 3 is 2.48 bits per heavy atom. The molecule has 1 aromatic carbocycles. The second kappa shape index (κ2) is 7.29. The van der Waals surface area contributed by atoms with E-state index in [-0.39, 0.29) is 10.6 Å². The molecule has 0 amide bonds. The van der Waals surface area contributed by atoms with Gasteiger partial charge in [-0.3, -0.25) is 10.1 Å². The first-order valence-corrected chi connectivity index (χ1v) is 10.4. The Hall–Kier alpha value is -1.67. The third-order valence-corrected chi connectivity index (χ3v) is 6.96. The van der Waals surface area contributed by atoms with E-state index in [1.807, 2.05) is 11.8 Å². The summed E-state index contributed by atoms with van der Waals surface area (Å²) in [5, 5.41) is 11.5. The first kappa shape index (κ1) is 18.1. The fourth-order valence-corrected chi connectivity index (χ4v) is 5.34. The second-order valence-corrected chi connectivity index (χ2v) is 9.00. The number of benzene rings is 1. The molecule has 0 bridgehead atoms. The van der Waals surface area contributed by atoms with Gasteiger partial charge in [0.05, 0.1) is 9.82 Å². The largest absolute Gasteiger partial charge is 0.366 e. The SMILES string of the molecule is C[C@H]1CCCN(S(=O)(=O)c2ccc(N3CCCCC3)c([N+](=O)[O-])c2)C1. The van der Waals surface area contributed by atoms with Crippen molar-refractivity contribution in [2.45, 2.75) is 43.9 Å². The number of piperidine rings is 2. The van der Waals surface area contributed by atoms with Gasteiger partial charge in [-0.15, -0.1) is 0 Å². The molecule has 7 nitrogen and oxygen atoms in total. The second-order valence-electron chi connectivity index (χ2n) is 7.07. The van der Waals surface area contributed by atoms with Gasteiger partial charge in [0.2, 0.25) is 10.0 Å². The molecule has 1 aromatic rings. The average molecular weight is 367 g/mol. The number of nitrogens with zero attached hydrogens (tertiary/aromatic N) is 3. The maximum atomic E-state index is 12.9. The van der Waals surface area contributed by atoms with Crippen LogP contribution in [0.25, 0.3) is 0 Å². The third kappa shape index (κ3) is 3.79. The van der Waals surface area contributed by atoms with E-state index in [4.69, 9.17) is 0 Å². The predicted molar refractivity (Wildman–Crippen MR) is 96.3 cm³/mol. The van der Waals surface area contributed by atoms with Crippen LogP contribution in [0.2, 0.25) is 0 Å². The Morgan fingerprint density at radius 1 is 1.12 bits per heavy atom. The van der Waals surface area contributed by atoms with Gasteiger partial charge in [0, 0.05) is 32.2 Å². The molecular weight excluding hydrogens is 342 g/mol. The molecule has 2 aliphatic rings. The summed E-state index contributed by atoms with van der Waals surface area (Å²) in [5.74, 6) is 0.311. The zero-order chi connectivity index (χ0) is 18.0. The number of nitro benzene ring substituents is 1. The van der Waals surface area contributed by atoms with Crippen molar-refractivity contribution in [2.24, 2.45) is 5.92 Å². The lowest BCUT2D eigenvalue weighted by molar-refractivity contribution is -0.384. The molecule has 0 spiro atoms. The van der Waals surface area contributed by atoms with Gasteiger partial charge >= 0.3 is 0 Å². The zero-order valence-electron chi connectivity index (χ0n) is 14.6. The molecule has 0 N–H and O–H groups in total. The standard InChI is InChI=1S/C17H25N3O4S/c1-14-6-5-11-19(13-14)25(23,24)15-7-8-16(17(12-15)20(21)22)18-9-3-2-4-10-18/h7-8,12,14H,2-6,9-11,13H2,1H3/t14-/m0/s1. The Balaban J connectivity index is 1.94. The fourth-order valence-electron chi connectivity index (χ4n) is 3.73. The average Bonchev–Trinajstić information content (AvgIpc) is 2.62. The summed E-state index contributed by atoms with van der Waals surface area (Å²) in [5.41, 5.74) is 0.406. The Bertz CT molecular complexity index is 744. The van der Waals surface area contributed by atoms with Gasteiger partial charge in [0.1, 0.15) is 5.69 Å². The number of nitro groups is 1. The van der Waals surface area contributed by atoms with Crippen molar-refractivity contribution in [2.75, 3.05) is 31.1 Å². The van der Waals surface area contributed by atoms with Crippen molar-refractivity contribution in [3.8, 4) is 0 Å². The number of sulfonamides is 1. The van der Waals surface area contributed by atoms with Crippen LogP contribution in [0.4, 0.5) is 11.4 Å². The lowest BCUT2D eigenvalue weighted by atomic mass is 10.0. The molecule has 25 heavy (non-hydrogen) atoms. The van der Waals surface area contributed by atoms with Crippen molar-refractivity contribution >= 4 is 21.4 Å². The minimum Gasteiger partial charge on any atom is -0.366 e. The Labute approximate surface area is 148 Å². The lowest BCUT2D eigenvalue weighted by Gasteiger charge is -2.31. The quantitative estimate of drug-likeness (QED) is 0.603. The summed E-state index contributed by atoms with van der Waals surface area (Å²) in [6.07, 6.45) is 4.98. The molecule has 0 saturated carbocycles. The summed E-state index contributed by atoms with van der Waals surface area (Å²) >= 11 is 0. The summed E-state index contributed by atoms with van der Waals surface area (Å²) in [7, 11) is -3.69. The number of hydrogen-bond donors (Lipinski definition) is 0. The van der Waals surface area contributed by atoms with Crippen LogP contribution in [0.3, 0.4) is 0 Å². The highest BCUT2D eigenvalue weighted by Gasteiger charge is 2.31. The van der Waals surface area contributed by atoms with E-state index in [2.05, 4.69) is 0 Å². The van der Waals surface area contributed by atoms with Gasteiger partial charge < -0.3 is 4.90 Å². The summed E-state index contributed by atoms with van der Waals surface area (Å²) < 4.78 is 27.2. The highest BCUT2D eigenvalue weighted by atomic mass is 32.2. The van der Waals surface area contributed by atoms with Gasteiger partial charge in [-0.2, -0.15) is 4.31 Å². The monoisotopic (exact) mass is 367 g/mol. The molecule has 0 aliphatic carbocycles. The molecule has 0 radical (unpaired) electrons. The first-order valence-electron chi connectivity index (χ1n) is 8.93. The Kier molecular flexibility index (Phi) is 5.29. The highest BCUT2D eigenvalue weighted by Crippen LogP contribution is 2.34. The molecule has 2 fully saturated rings. The number of hydrogen-bond acceptors (Lipinski definition) is 5. The van der Waals surface area contributed by atoms with Crippen LogP contribution >= 0.6 is 0 Å². The minimum atomic E-state index is -3.69. The van der Waals surface area contributed by atoms with Gasteiger partial charge in [-0.25, -0.2) is 8.42 Å². The molecule has 2 saturated heterocycles. The van der Waals surface area contributed by atoms with Crippen LogP contribution in [0.15, 0.2) is 23.1 Å². The van der Waals surface area contributed by atoms with Crippen LogP contribution in [0, 0.1) is 16.0 Å². The first-order chi connectivity index (χ1) is 11.9. The maximum absolute atomic E-state index is 12.9. The van der Waals surface area contributed by atoms with Crippen LogP contribution in [0.5, 0.6) is 0 Å². The third-order valence-electron chi connectivity index (χ3n) is 5.10. The normalized spacial score (nSPS) is 22.8. The lowest BCUT2D eigenvalue weighted by Crippen LogP contribution is -2.39. The summed E-state index contributed by atoms with van der Waals surface area (Å²) in [6.45, 7) is 4.54. The Morgan fingerprint density at radius 2 is 1.84 bits per heavy atom. The zero-order valence-corrected chi connectivity index (χ0v) is 15.4. The van der Waals surface area contributed by atoms with Crippen LogP contribution in [0.1, 0.15) is 39.0 Å². The van der Waals surface area contributed by atoms with E-state index in [1.165, 1.54) is 16.4 Å². The predicted octanol–water partition coefficient (Wildman–Crippen LogP) is 3.01. The molecule has 8 heteroatoms. The van der Waals surface area contributed by atoms with Crippen LogP contribution in [-0.2, 0) is 10.0 Å². The van der Waals surface area contributed by atoms with Crippen molar-refractivity contribution in [1.29, 1.82) is 0 Å². The topological polar surface area (TPSA) is 83.8 Å². The van der Waals surface area contributed by atoms with Crippen molar-refractivity contribution < 1.29 is 13.3 Å². The van der Waals surface area contributed by atoms with E-state index in [0.29, 0.717) is 24.7 Å². The van der Waals surface area contributed by atoms with E-state index in [1.54, 1.807) is 6.07 Å². The van der Waals surface area contributed by atoms with E-state index in [0.717, 1.165) is 45.2 Å². The van der Waals surface area contributed by atoms with Crippen LogP contribution in [-0.4, -0.2) is 43.8 Å². The van der Waals surface area contributed by atoms with Gasteiger partial charge in [-0.1, -0.05) is 6.92 Å². The van der Waals surface area contributed by atoms with E-state index < -0.39 is 14.9 Å². The van der Waals surface area contributed by atoms with Gasteiger partial charge in [-0.05, 0) is 50.2 Å². The molecule has 0 unspecified atom stereocenters. The van der Waals surface area contributed by atoms with E-state index in [9.17, 15) is 18.5 Å². The molecule has 138 valence electrons. The highest BCUT2D eigenvalue weighted by molar-refractivity contribution is 7.89. The molecule has 2 heterocycles.